The molecule has 1 aromatic rings. The summed E-state index contributed by atoms with van der Waals surface area (Å²) in [7, 11) is -3.93. The van der Waals surface area contributed by atoms with Crippen LogP contribution in [0.25, 0.3) is 0 Å². The number of nitrogens with zero attached hydrogens (tertiary/aromatic N) is 2. The van der Waals surface area contributed by atoms with Crippen LogP contribution in [0.2, 0.25) is 5.02 Å². The molecule has 24 heavy (non-hydrogen) atoms. The highest BCUT2D eigenvalue weighted by Crippen LogP contribution is 2.30. The number of alkyl halides is 1. The minimum Gasteiger partial charge on any atom is -0.341 e. The maximum Gasteiger partial charge on any atom is 0.243 e. The quantitative estimate of drug-likeness (QED) is 0.816. The van der Waals surface area contributed by atoms with Crippen molar-refractivity contribution in [3.63, 3.8) is 0 Å². The fourth-order valence-corrected chi connectivity index (χ4v) is 5.06. The molecule has 1 amide bonds. The van der Waals surface area contributed by atoms with E-state index in [0.29, 0.717) is 18.1 Å². The predicted molar refractivity (Wildman–Crippen MR) is 89.1 cm³/mol. The van der Waals surface area contributed by atoms with Gasteiger partial charge in [-0.15, -0.1) is 0 Å². The molecule has 0 aromatic heterocycles. The summed E-state index contributed by atoms with van der Waals surface area (Å²) < 4.78 is 40.6. The average Bonchev–Trinajstić information content (AvgIpc) is 2.98. The zero-order valence-corrected chi connectivity index (χ0v) is 14.8. The number of amides is 1. The Kier molecular flexibility index (Phi) is 5.13. The molecule has 132 valence electrons. The van der Waals surface area contributed by atoms with Gasteiger partial charge in [-0.25, -0.2) is 12.8 Å². The topological polar surface area (TPSA) is 57.7 Å². The van der Waals surface area contributed by atoms with Crippen molar-refractivity contribution < 1.29 is 17.6 Å². The van der Waals surface area contributed by atoms with E-state index in [9.17, 15) is 17.6 Å². The number of halogens is 2. The molecule has 5 nitrogen and oxygen atoms in total. The summed E-state index contributed by atoms with van der Waals surface area (Å²) in [6, 6.07) is 4.74. The summed E-state index contributed by atoms with van der Waals surface area (Å²) in [4.78, 5) is 14.4. The van der Waals surface area contributed by atoms with Gasteiger partial charge >= 0.3 is 0 Å². The number of piperidine rings is 1. The lowest BCUT2D eigenvalue weighted by molar-refractivity contribution is -0.135. The maximum absolute atomic E-state index is 14.0. The molecular weight excluding hydrogens is 355 g/mol. The summed E-state index contributed by atoms with van der Waals surface area (Å²) in [5.74, 6) is -0.285. The molecule has 1 aromatic carbocycles. The fourth-order valence-electron chi connectivity index (χ4n) is 3.31. The van der Waals surface area contributed by atoms with Gasteiger partial charge < -0.3 is 4.90 Å². The van der Waals surface area contributed by atoms with Gasteiger partial charge in [0.1, 0.15) is 12.2 Å². The first-order chi connectivity index (χ1) is 11.4. The van der Waals surface area contributed by atoms with Gasteiger partial charge in [0.2, 0.25) is 15.9 Å². The lowest BCUT2D eigenvalue weighted by Gasteiger charge is -2.32. The van der Waals surface area contributed by atoms with Crippen LogP contribution in [0.15, 0.2) is 29.2 Å². The molecule has 0 spiro atoms. The van der Waals surface area contributed by atoms with Crippen LogP contribution in [0.5, 0.6) is 0 Å². The van der Waals surface area contributed by atoms with Crippen molar-refractivity contribution in [2.75, 3.05) is 19.6 Å². The number of benzene rings is 1. The number of hydrogen-bond acceptors (Lipinski definition) is 3. The third kappa shape index (κ3) is 3.43. The van der Waals surface area contributed by atoms with Crippen molar-refractivity contribution in [2.45, 2.75) is 42.8 Å². The van der Waals surface area contributed by atoms with Crippen molar-refractivity contribution in [1.82, 2.24) is 9.21 Å². The van der Waals surface area contributed by atoms with Crippen LogP contribution in [0.1, 0.15) is 25.7 Å². The van der Waals surface area contributed by atoms with Gasteiger partial charge in [-0.2, -0.15) is 4.31 Å². The third-order valence-electron chi connectivity index (χ3n) is 4.58. The first kappa shape index (κ1) is 17.6. The first-order valence-electron chi connectivity index (χ1n) is 8.10. The van der Waals surface area contributed by atoms with E-state index in [1.54, 1.807) is 4.90 Å². The second-order valence-corrected chi connectivity index (χ2v) is 8.59. The Bertz CT molecular complexity index is 705. The van der Waals surface area contributed by atoms with Crippen LogP contribution in [-0.2, 0) is 14.8 Å². The molecule has 0 N–H and O–H groups in total. The molecule has 0 saturated carbocycles. The molecule has 2 heterocycles. The van der Waals surface area contributed by atoms with Crippen LogP contribution >= 0.6 is 11.6 Å². The predicted octanol–water partition coefficient (Wildman–Crippen LogP) is 2.45. The van der Waals surface area contributed by atoms with Gasteiger partial charge in [0.15, 0.2) is 0 Å². The summed E-state index contributed by atoms with van der Waals surface area (Å²) in [6.45, 7) is 0.942. The molecule has 0 aliphatic carbocycles. The Morgan fingerprint density at radius 3 is 2.38 bits per heavy atom. The highest BCUT2D eigenvalue weighted by Gasteiger charge is 2.45. The van der Waals surface area contributed by atoms with Gasteiger partial charge in [0.05, 0.1) is 4.90 Å². The summed E-state index contributed by atoms with van der Waals surface area (Å²) >= 11 is 5.80. The number of carbonyl (C=O) groups is 1. The average molecular weight is 375 g/mol. The maximum atomic E-state index is 14.0. The summed E-state index contributed by atoms with van der Waals surface area (Å²) in [6.07, 6.45) is 1.46. The fraction of sp³-hybridized carbons (Fsp3) is 0.562. The van der Waals surface area contributed by atoms with Crippen molar-refractivity contribution in [2.24, 2.45) is 0 Å². The SMILES string of the molecule is O=C([C@@H]1C[C@H](F)CN1S(=O)(=O)c1ccc(Cl)cc1)N1CCCCC1. The Labute approximate surface area is 146 Å². The minimum absolute atomic E-state index is 0.0254. The molecule has 0 bridgehead atoms. The molecule has 2 atom stereocenters. The van der Waals surface area contributed by atoms with Gasteiger partial charge in [-0.05, 0) is 43.5 Å². The van der Waals surface area contributed by atoms with Crippen LogP contribution < -0.4 is 0 Å². The number of likely N-dealkylation sites (tertiary alicyclic amines) is 1. The monoisotopic (exact) mass is 374 g/mol. The largest absolute Gasteiger partial charge is 0.341 e. The molecule has 0 radical (unpaired) electrons. The van der Waals surface area contributed by atoms with E-state index < -0.39 is 22.2 Å². The highest BCUT2D eigenvalue weighted by molar-refractivity contribution is 7.89. The Morgan fingerprint density at radius 1 is 1.12 bits per heavy atom. The third-order valence-corrected chi connectivity index (χ3v) is 6.72. The Balaban J connectivity index is 1.86. The van der Waals surface area contributed by atoms with E-state index in [-0.39, 0.29) is 23.8 Å². The Morgan fingerprint density at radius 2 is 1.75 bits per heavy atom. The molecule has 0 unspecified atom stereocenters. The van der Waals surface area contributed by atoms with Crippen molar-refractivity contribution in [1.29, 1.82) is 0 Å². The van der Waals surface area contributed by atoms with Crippen LogP contribution in [0.4, 0.5) is 4.39 Å². The van der Waals surface area contributed by atoms with Crippen molar-refractivity contribution in [3.05, 3.63) is 29.3 Å². The smallest absolute Gasteiger partial charge is 0.243 e. The summed E-state index contributed by atoms with van der Waals surface area (Å²) in [5, 5.41) is 0.416. The number of carbonyl (C=O) groups excluding carboxylic acids is 1. The van der Waals surface area contributed by atoms with Crippen LogP contribution in [-0.4, -0.2) is 55.4 Å². The first-order valence-corrected chi connectivity index (χ1v) is 9.91. The second kappa shape index (κ2) is 6.98. The zero-order chi connectivity index (χ0) is 17.3. The van der Waals surface area contributed by atoms with E-state index >= 15 is 0 Å². The molecule has 2 aliphatic heterocycles. The second-order valence-electron chi connectivity index (χ2n) is 6.26. The van der Waals surface area contributed by atoms with Gasteiger partial charge in [-0.3, -0.25) is 4.79 Å². The van der Waals surface area contributed by atoms with E-state index in [2.05, 4.69) is 0 Å². The van der Waals surface area contributed by atoms with Crippen molar-refractivity contribution >= 4 is 27.5 Å². The zero-order valence-electron chi connectivity index (χ0n) is 13.2. The Hall–Kier alpha value is -1.18. The molecule has 3 rings (SSSR count). The molecule has 2 aliphatic rings. The van der Waals surface area contributed by atoms with Crippen LogP contribution in [0, 0.1) is 0 Å². The van der Waals surface area contributed by atoms with Crippen LogP contribution in [0.3, 0.4) is 0 Å². The highest BCUT2D eigenvalue weighted by atomic mass is 35.5. The van der Waals surface area contributed by atoms with Gasteiger partial charge in [0, 0.05) is 31.1 Å². The van der Waals surface area contributed by atoms with E-state index in [1.165, 1.54) is 24.3 Å². The lowest BCUT2D eigenvalue weighted by atomic mass is 10.1. The molecule has 2 fully saturated rings. The van der Waals surface area contributed by atoms with E-state index in [4.69, 9.17) is 11.6 Å². The normalized spacial score (nSPS) is 25.8. The minimum atomic E-state index is -3.93. The number of hydrogen-bond donors (Lipinski definition) is 0. The van der Waals surface area contributed by atoms with Gasteiger partial charge in [0.25, 0.3) is 0 Å². The van der Waals surface area contributed by atoms with Crippen molar-refractivity contribution in [3.8, 4) is 0 Å². The molecular formula is C16H20ClFN2O3S. The number of rotatable bonds is 3. The summed E-state index contributed by atoms with van der Waals surface area (Å²) in [5.41, 5.74) is 0. The standard InChI is InChI=1S/C16H20ClFN2O3S/c17-12-4-6-14(7-5-12)24(22,23)20-11-13(18)10-15(20)16(21)19-8-2-1-3-9-19/h4-7,13,15H,1-3,8-11H2/t13-,15-/m0/s1. The molecule has 8 heteroatoms. The molecule has 2 saturated heterocycles. The lowest BCUT2D eigenvalue weighted by Crippen LogP contribution is -2.49. The number of sulfonamides is 1. The van der Waals surface area contributed by atoms with E-state index in [1.807, 2.05) is 0 Å². The van der Waals surface area contributed by atoms with Gasteiger partial charge in [-0.1, -0.05) is 11.6 Å². The van der Waals surface area contributed by atoms with E-state index in [0.717, 1.165) is 23.6 Å².